The lowest BCUT2D eigenvalue weighted by Gasteiger charge is -2.38. The number of rotatable bonds is 6. The molecule has 3 rings (SSSR count). The van der Waals surface area contributed by atoms with Gasteiger partial charge in [-0.15, -0.1) is 0 Å². The van der Waals surface area contributed by atoms with E-state index in [1.807, 2.05) is 0 Å². The number of hydrogen-bond donors (Lipinski definition) is 1. The summed E-state index contributed by atoms with van der Waals surface area (Å²) in [5, 5.41) is 2.97. The van der Waals surface area contributed by atoms with Gasteiger partial charge < -0.3 is 15.1 Å². The Morgan fingerprint density at radius 2 is 1.82 bits per heavy atom. The molecule has 1 N–H and O–H groups in total. The van der Waals surface area contributed by atoms with Crippen molar-refractivity contribution >= 4 is 17.8 Å². The highest BCUT2D eigenvalue weighted by molar-refractivity contribution is 6.04. The van der Waals surface area contributed by atoms with E-state index in [0.717, 1.165) is 19.3 Å². The molecule has 1 aromatic rings. The number of allylic oxidation sites excluding steroid dienone is 1. The average Bonchev–Trinajstić information content (AvgIpc) is 2.74. The van der Waals surface area contributed by atoms with Crippen LogP contribution in [0.4, 0.5) is 5.95 Å². The molecule has 1 saturated heterocycles. The van der Waals surface area contributed by atoms with Crippen LogP contribution in [0.3, 0.4) is 0 Å². The molecule has 2 amide bonds. The molecule has 1 fully saturated rings. The van der Waals surface area contributed by atoms with Gasteiger partial charge in [0.2, 0.25) is 17.8 Å². The van der Waals surface area contributed by atoms with Crippen molar-refractivity contribution in [1.82, 2.24) is 20.2 Å². The number of piperazine rings is 1. The van der Waals surface area contributed by atoms with E-state index in [1.165, 1.54) is 18.4 Å². The monoisotopic (exact) mass is 385 g/mol. The number of carbonyl (C=O) groups excluding carboxylic acids is 2. The third kappa shape index (κ3) is 4.88. The van der Waals surface area contributed by atoms with Crippen LogP contribution in [-0.4, -0.2) is 59.4 Å². The van der Waals surface area contributed by atoms with E-state index in [-0.39, 0.29) is 11.8 Å². The highest BCUT2D eigenvalue weighted by atomic mass is 16.2. The molecule has 0 unspecified atom stereocenters. The van der Waals surface area contributed by atoms with Crippen molar-refractivity contribution in [3.8, 4) is 0 Å². The standard InChI is InChI=1S/C21H31N5O2/c1-21(2,18(27)22-12-9-17-7-4-3-5-8-17)19(28)25-13-15-26(16-14-25)20-23-10-6-11-24-20/h6-7,10-11H,3-5,8-9,12-16H2,1-2H3,(H,22,27). The second-order valence-corrected chi connectivity index (χ2v) is 8.07. The predicted octanol–water partition coefficient (Wildman–Crippen LogP) is 2.16. The van der Waals surface area contributed by atoms with Crippen molar-refractivity contribution in [2.24, 2.45) is 5.41 Å². The van der Waals surface area contributed by atoms with Crippen molar-refractivity contribution < 1.29 is 9.59 Å². The number of anilines is 1. The topological polar surface area (TPSA) is 78.4 Å². The smallest absolute Gasteiger partial charge is 0.237 e. The van der Waals surface area contributed by atoms with E-state index >= 15 is 0 Å². The van der Waals surface area contributed by atoms with Gasteiger partial charge in [0.15, 0.2) is 0 Å². The number of nitrogens with one attached hydrogen (secondary N) is 1. The molecule has 1 aliphatic carbocycles. The second-order valence-electron chi connectivity index (χ2n) is 8.07. The summed E-state index contributed by atoms with van der Waals surface area (Å²) in [5.74, 6) is 0.377. The van der Waals surface area contributed by atoms with Crippen LogP contribution in [0.2, 0.25) is 0 Å². The van der Waals surface area contributed by atoms with Crippen LogP contribution < -0.4 is 10.2 Å². The molecule has 7 nitrogen and oxygen atoms in total. The molecular weight excluding hydrogens is 354 g/mol. The maximum absolute atomic E-state index is 13.0. The van der Waals surface area contributed by atoms with E-state index in [0.29, 0.717) is 38.7 Å². The van der Waals surface area contributed by atoms with Gasteiger partial charge in [0.25, 0.3) is 0 Å². The van der Waals surface area contributed by atoms with E-state index in [2.05, 4.69) is 26.3 Å². The molecule has 2 heterocycles. The van der Waals surface area contributed by atoms with Crippen LogP contribution in [0.5, 0.6) is 0 Å². The maximum atomic E-state index is 13.0. The highest BCUT2D eigenvalue weighted by Crippen LogP contribution is 2.22. The zero-order valence-corrected chi connectivity index (χ0v) is 17.0. The van der Waals surface area contributed by atoms with Crippen molar-refractivity contribution in [3.05, 3.63) is 30.1 Å². The lowest BCUT2D eigenvalue weighted by molar-refractivity contribution is -0.148. The molecule has 152 valence electrons. The first kappa shape index (κ1) is 20.3. The van der Waals surface area contributed by atoms with Crippen LogP contribution in [0, 0.1) is 5.41 Å². The van der Waals surface area contributed by atoms with Crippen LogP contribution in [0.1, 0.15) is 46.0 Å². The Kier molecular flexibility index (Phi) is 6.65. The summed E-state index contributed by atoms with van der Waals surface area (Å²) < 4.78 is 0. The largest absolute Gasteiger partial charge is 0.355 e. The summed E-state index contributed by atoms with van der Waals surface area (Å²) in [5.41, 5.74) is 0.363. The Morgan fingerprint density at radius 1 is 1.11 bits per heavy atom. The SMILES string of the molecule is CC(C)(C(=O)NCCC1=CCCCC1)C(=O)N1CCN(c2ncccn2)CC1. The molecule has 0 spiro atoms. The summed E-state index contributed by atoms with van der Waals surface area (Å²) in [6.45, 7) is 6.51. The Labute approximate surface area is 167 Å². The predicted molar refractivity (Wildman–Crippen MR) is 109 cm³/mol. The zero-order valence-electron chi connectivity index (χ0n) is 17.0. The molecule has 0 atom stereocenters. The van der Waals surface area contributed by atoms with E-state index in [1.54, 1.807) is 37.2 Å². The molecule has 0 radical (unpaired) electrons. The fourth-order valence-electron chi connectivity index (χ4n) is 3.75. The van der Waals surface area contributed by atoms with Gasteiger partial charge in [0.05, 0.1) is 0 Å². The normalized spacial score (nSPS) is 17.9. The zero-order chi connectivity index (χ0) is 20.0. The minimum atomic E-state index is -1.06. The number of nitrogens with zero attached hydrogens (tertiary/aromatic N) is 4. The van der Waals surface area contributed by atoms with Crippen LogP contribution >= 0.6 is 0 Å². The van der Waals surface area contributed by atoms with Crippen LogP contribution in [-0.2, 0) is 9.59 Å². The van der Waals surface area contributed by atoms with E-state index in [4.69, 9.17) is 0 Å². The van der Waals surface area contributed by atoms with Gasteiger partial charge in [0.1, 0.15) is 5.41 Å². The summed E-state index contributed by atoms with van der Waals surface area (Å²) >= 11 is 0. The van der Waals surface area contributed by atoms with E-state index < -0.39 is 5.41 Å². The van der Waals surface area contributed by atoms with Gasteiger partial charge in [-0.2, -0.15) is 0 Å². The van der Waals surface area contributed by atoms with E-state index in [9.17, 15) is 9.59 Å². The quantitative estimate of drug-likeness (QED) is 0.600. The van der Waals surface area contributed by atoms with Crippen molar-refractivity contribution in [2.75, 3.05) is 37.6 Å². The number of amides is 2. The third-order valence-corrected chi connectivity index (χ3v) is 5.62. The van der Waals surface area contributed by atoms with Gasteiger partial charge in [-0.25, -0.2) is 9.97 Å². The third-order valence-electron chi connectivity index (χ3n) is 5.62. The molecule has 0 bridgehead atoms. The molecule has 0 aromatic carbocycles. The molecule has 0 saturated carbocycles. The Morgan fingerprint density at radius 3 is 2.46 bits per heavy atom. The molecule has 1 aliphatic heterocycles. The van der Waals surface area contributed by atoms with Crippen LogP contribution in [0.25, 0.3) is 0 Å². The minimum Gasteiger partial charge on any atom is -0.355 e. The first-order valence-corrected chi connectivity index (χ1v) is 10.3. The highest BCUT2D eigenvalue weighted by Gasteiger charge is 2.40. The lowest BCUT2D eigenvalue weighted by atomic mass is 9.89. The Bertz CT molecular complexity index is 709. The van der Waals surface area contributed by atoms with Gasteiger partial charge in [-0.1, -0.05) is 11.6 Å². The first-order chi connectivity index (χ1) is 13.5. The number of hydrogen-bond acceptors (Lipinski definition) is 5. The summed E-state index contributed by atoms with van der Waals surface area (Å²) in [6.07, 6.45) is 11.4. The first-order valence-electron chi connectivity index (χ1n) is 10.3. The Hall–Kier alpha value is -2.44. The molecule has 1 aromatic heterocycles. The van der Waals surface area contributed by atoms with Crippen molar-refractivity contribution in [1.29, 1.82) is 0 Å². The number of aromatic nitrogens is 2. The van der Waals surface area contributed by atoms with Gasteiger partial charge in [0, 0.05) is 45.1 Å². The summed E-state index contributed by atoms with van der Waals surface area (Å²) in [6, 6.07) is 1.79. The fraction of sp³-hybridized carbons (Fsp3) is 0.619. The van der Waals surface area contributed by atoms with Crippen molar-refractivity contribution in [2.45, 2.75) is 46.0 Å². The number of carbonyl (C=O) groups is 2. The minimum absolute atomic E-state index is 0.115. The summed E-state index contributed by atoms with van der Waals surface area (Å²) in [7, 11) is 0. The Balaban J connectivity index is 1.48. The van der Waals surface area contributed by atoms with Gasteiger partial charge >= 0.3 is 0 Å². The van der Waals surface area contributed by atoms with Crippen LogP contribution in [0.15, 0.2) is 30.1 Å². The van der Waals surface area contributed by atoms with Crippen molar-refractivity contribution in [3.63, 3.8) is 0 Å². The average molecular weight is 386 g/mol. The fourth-order valence-corrected chi connectivity index (χ4v) is 3.75. The lowest BCUT2D eigenvalue weighted by Crippen LogP contribution is -2.55. The second kappa shape index (κ2) is 9.17. The van der Waals surface area contributed by atoms with Gasteiger partial charge in [-0.3, -0.25) is 9.59 Å². The molecule has 2 aliphatic rings. The maximum Gasteiger partial charge on any atom is 0.237 e. The summed E-state index contributed by atoms with van der Waals surface area (Å²) in [4.78, 5) is 38.0. The molecular formula is C21H31N5O2. The van der Waals surface area contributed by atoms with Gasteiger partial charge in [-0.05, 0) is 52.0 Å². The molecule has 28 heavy (non-hydrogen) atoms. The molecule has 7 heteroatoms.